The van der Waals surface area contributed by atoms with Crippen LogP contribution in [0.4, 0.5) is 10.2 Å². The van der Waals surface area contributed by atoms with Crippen LogP contribution in [0, 0.1) is 12.7 Å². The van der Waals surface area contributed by atoms with Crippen LogP contribution >= 0.6 is 0 Å². The smallest absolute Gasteiger partial charge is 0.139 e. The summed E-state index contributed by atoms with van der Waals surface area (Å²) in [5, 5.41) is 3.36. The lowest BCUT2D eigenvalue weighted by Gasteiger charge is -2.38. The van der Waals surface area contributed by atoms with E-state index in [1.54, 1.807) is 18.5 Å². The number of hydrogen-bond acceptors (Lipinski definition) is 6. The van der Waals surface area contributed by atoms with Crippen LogP contribution in [0.2, 0.25) is 0 Å². The zero-order valence-corrected chi connectivity index (χ0v) is 18.8. The van der Waals surface area contributed by atoms with Crippen molar-refractivity contribution in [3.63, 3.8) is 0 Å². The number of hydrogen-bond donors (Lipinski definition) is 1. The number of aromatic nitrogens is 3. The van der Waals surface area contributed by atoms with Gasteiger partial charge < -0.3 is 15.1 Å². The highest BCUT2D eigenvalue weighted by atomic mass is 19.1. The van der Waals surface area contributed by atoms with Crippen molar-refractivity contribution in [3.8, 4) is 0 Å². The highest BCUT2D eigenvalue weighted by molar-refractivity contribution is 5.90. The van der Waals surface area contributed by atoms with Gasteiger partial charge in [-0.2, -0.15) is 0 Å². The Kier molecular flexibility index (Phi) is 5.77. The topological polar surface area (TPSA) is 57.2 Å². The van der Waals surface area contributed by atoms with E-state index < -0.39 is 0 Å². The average Bonchev–Trinajstić information content (AvgIpc) is 3.28. The molecule has 1 aliphatic carbocycles. The van der Waals surface area contributed by atoms with E-state index in [-0.39, 0.29) is 5.82 Å². The monoisotopic (exact) mass is 442 g/mol. The summed E-state index contributed by atoms with van der Waals surface area (Å²) in [6.45, 7) is 10.2. The van der Waals surface area contributed by atoms with Gasteiger partial charge in [0.1, 0.15) is 18.0 Å². The molecule has 7 heteroatoms. The first-order valence-corrected chi connectivity index (χ1v) is 11.2. The van der Waals surface area contributed by atoms with Crippen molar-refractivity contribution in [2.24, 2.45) is 0 Å². The first kappa shape index (κ1) is 21.1. The molecule has 33 heavy (non-hydrogen) atoms. The van der Waals surface area contributed by atoms with Crippen molar-refractivity contribution < 1.29 is 4.39 Å². The predicted octanol–water partition coefficient (Wildman–Crippen LogP) is 3.80. The number of allylic oxidation sites excluding steroid dienone is 1. The van der Waals surface area contributed by atoms with Gasteiger partial charge in [0.15, 0.2) is 0 Å². The van der Waals surface area contributed by atoms with E-state index in [2.05, 4.69) is 48.8 Å². The fourth-order valence-electron chi connectivity index (χ4n) is 4.32. The van der Waals surface area contributed by atoms with E-state index in [4.69, 9.17) is 0 Å². The predicted molar refractivity (Wildman–Crippen MR) is 129 cm³/mol. The van der Waals surface area contributed by atoms with Crippen molar-refractivity contribution >= 4 is 17.5 Å². The molecule has 1 saturated heterocycles. The summed E-state index contributed by atoms with van der Waals surface area (Å²) in [6, 6.07) is 10.7. The molecule has 1 fully saturated rings. The molecule has 2 aliphatic rings. The summed E-state index contributed by atoms with van der Waals surface area (Å²) >= 11 is 0. The van der Waals surface area contributed by atoms with Crippen molar-refractivity contribution in [1.29, 1.82) is 0 Å². The van der Waals surface area contributed by atoms with Crippen LogP contribution < -0.4 is 10.2 Å². The zero-order valence-electron chi connectivity index (χ0n) is 18.8. The van der Waals surface area contributed by atoms with E-state index in [1.165, 1.54) is 17.7 Å². The molecule has 0 saturated carbocycles. The maximum Gasteiger partial charge on any atom is 0.139 e. The third-order valence-electron chi connectivity index (χ3n) is 6.27. The quantitative estimate of drug-likeness (QED) is 0.627. The van der Waals surface area contributed by atoms with E-state index in [1.807, 2.05) is 19.2 Å². The molecule has 1 aliphatic heterocycles. The van der Waals surface area contributed by atoms with Crippen LogP contribution in [0.1, 0.15) is 28.1 Å². The van der Waals surface area contributed by atoms with Gasteiger partial charge in [-0.05, 0) is 47.9 Å². The lowest BCUT2D eigenvalue weighted by atomic mass is 10.1. The number of nitrogens with one attached hydrogen (secondary N) is 1. The van der Waals surface area contributed by atoms with Crippen molar-refractivity contribution in [1.82, 2.24) is 25.2 Å². The second kappa shape index (κ2) is 9.02. The van der Waals surface area contributed by atoms with Gasteiger partial charge in [-0.25, -0.2) is 14.4 Å². The average molecular weight is 443 g/mol. The zero-order chi connectivity index (χ0) is 22.8. The highest BCUT2D eigenvalue weighted by Gasteiger charge is 2.25. The van der Waals surface area contributed by atoms with Crippen LogP contribution in [0.15, 0.2) is 61.3 Å². The lowest BCUT2D eigenvalue weighted by molar-refractivity contribution is 0.300. The highest BCUT2D eigenvalue weighted by Crippen LogP contribution is 2.35. The van der Waals surface area contributed by atoms with Gasteiger partial charge in [-0.3, -0.25) is 4.98 Å². The molecule has 0 bridgehead atoms. The minimum Gasteiger partial charge on any atom is -0.368 e. The molecule has 1 aromatic carbocycles. The van der Waals surface area contributed by atoms with Gasteiger partial charge in [-0.1, -0.05) is 24.8 Å². The van der Waals surface area contributed by atoms with Gasteiger partial charge in [0.05, 0.1) is 11.5 Å². The number of piperazine rings is 1. The Morgan fingerprint density at radius 3 is 2.55 bits per heavy atom. The second-order valence-corrected chi connectivity index (χ2v) is 8.49. The number of pyridine rings is 1. The van der Waals surface area contributed by atoms with E-state index in [9.17, 15) is 4.39 Å². The number of rotatable bonds is 6. The number of nitrogens with zero attached hydrogens (tertiary/aromatic N) is 5. The minimum atomic E-state index is -0.220. The molecule has 0 amide bonds. The molecule has 1 N–H and O–H groups in total. The number of fused-ring (bicyclic) bond motifs is 1. The third-order valence-corrected chi connectivity index (χ3v) is 6.27. The molecule has 6 nitrogen and oxygen atoms in total. The summed E-state index contributed by atoms with van der Waals surface area (Å²) in [7, 11) is 0. The Bertz CT molecular complexity index is 1180. The van der Waals surface area contributed by atoms with E-state index in [0.29, 0.717) is 6.54 Å². The number of halogens is 1. The summed E-state index contributed by atoms with van der Waals surface area (Å²) in [5.41, 5.74) is 6.60. The normalized spacial score (nSPS) is 15.3. The Balaban J connectivity index is 1.22. The summed E-state index contributed by atoms with van der Waals surface area (Å²) in [5.74, 6) is 1.67. The molecule has 0 radical (unpaired) electrons. The number of anilines is 1. The molecular weight excluding hydrogens is 415 g/mol. The van der Waals surface area contributed by atoms with Crippen LogP contribution in [0.5, 0.6) is 0 Å². The summed E-state index contributed by atoms with van der Waals surface area (Å²) in [4.78, 5) is 18.2. The van der Waals surface area contributed by atoms with Crippen molar-refractivity contribution in [2.45, 2.75) is 19.9 Å². The molecule has 0 unspecified atom stereocenters. The Labute approximate surface area is 193 Å². The van der Waals surface area contributed by atoms with Gasteiger partial charge in [0.25, 0.3) is 0 Å². The van der Waals surface area contributed by atoms with Gasteiger partial charge in [-0.15, -0.1) is 0 Å². The second-order valence-electron chi connectivity index (χ2n) is 8.49. The van der Waals surface area contributed by atoms with E-state index in [0.717, 1.165) is 72.3 Å². The molecule has 0 atom stereocenters. The van der Waals surface area contributed by atoms with Gasteiger partial charge in [0, 0.05) is 56.6 Å². The fraction of sp³-hybridized carbons (Fsp3) is 0.269. The van der Waals surface area contributed by atoms with Crippen LogP contribution in [0.25, 0.3) is 11.6 Å². The summed E-state index contributed by atoms with van der Waals surface area (Å²) in [6.07, 6.45) is 6.63. The first-order valence-electron chi connectivity index (χ1n) is 11.2. The minimum absolute atomic E-state index is 0.220. The summed E-state index contributed by atoms with van der Waals surface area (Å²) < 4.78 is 13.1. The maximum absolute atomic E-state index is 13.1. The molecule has 168 valence electrons. The third kappa shape index (κ3) is 4.58. The van der Waals surface area contributed by atoms with Gasteiger partial charge >= 0.3 is 0 Å². The standard InChI is InChI=1S/C26H27FN6/c1-18-3-6-21(16-28-18)22-13-24-25(14-22)30-17-31-26(24)33-11-9-32(10-12-33)19(2)29-15-20-4-7-23(27)8-5-20/h3-8,13,16-17,29H,2,9-12,14-15H2,1H3. The molecular formula is C26H27FN6. The van der Waals surface area contributed by atoms with Crippen LogP contribution in [-0.4, -0.2) is 46.0 Å². The number of benzene rings is 1. The van der Waals surface area contributed by atoms with Crippen molar-refractivity contribution in [3.05, 3.63) is 95.2 Å². The van der Waals surface area contributed by atoms with Crippen molar-refractivity contribution in [2.75, 3.05) is 31.1 Å². The Morgan fingerprint density at radius 2 is 1.82 bits per heavy atom. The Hall–Kier alpha value is -3.74. The SMILES string of the molecule is C=C(NCc1ccc(F)cc1)N1CCN(c2ncnc3c2C=C(c2ccc(C)nc2)C3)CC1. The largest absolute Gasteiger partial charge is 0.368 e. The fourth-order valence-corrected chi connectivity index (χ4v) is 4.32. The number of aryl methyl sites for hydroxylation is 1. The van der Waals surface area contributed by atoms with Crippen LogP contribution in [-0.2, 0) is 13.0 Å². The molecule has 3 aromatic rings. The first-order chi connectivity index (χ1) is 16.1. The van der Waals surface area contributed by atoms with Crippen LogP contribution in [0.3, 0.4) is 0 Å². The molecule has 3 heterocycles. The Morgan fingerprint density at radius 1 is 1.03 bits per heavy atom. The molecule has 5 rings (SSSR count). The van der Waals surface area contributed by atoms with Gasteiger partial charge in [0.2, 0.25) is 0 Å². The molecule has 0 spiro atoms. The van der Waals surface area contributed by atoms with E-state index >= 15 is 0 Å². The molecule has 2 aromatic heterocycles. The lowest BCUT2D eigenvalue weighted by Crippen LogP contribution is -2.48. The maximum atomic E-state index is 13.1.